The topological polar surface area (TPSA) is 49.7 Å². The van der Waals surface area contributed by atoms with Crippen molar-refractivity contribution in [2.24, 2.45) is 0 Å². The van der Waals surface area contributed by atoms with Crippen LogP contribution >= 0.6 is 31.8 Å². The molecule has 0 heterocycles. The zero-order chi connectivity index (χ0) is 9.84. The van der Waals surface area contributed by atoms with Gasteiger partial charge in [0.1, 0.15) is 0 Å². The summed E-state index contributed by atoms with van der Waals surface area (Å²) in [6.07, 6.45) is 0. The Hall–Kier alpha value is 0.110. The van der Waals surface area contributed by atoms with Crippen LogP contribution in [0.25, 0.3) is 0 Å². The molecule has 0 aliphatic rings. The predicted octanol–water partition coefficient (Wildman–Crippen LogP) is 2.72. The molecule has 0 fully saturated rings. The minimum atomic E-state index is -2.34. The third-order valence-electron chi connectivity index (χ3n) is 1.35. The summed E-state index contributed by atoms with van der Waals surface area (Å²) in [5, 5.41) is 0.980. The van der Waals surface area contributed by atoms with Crippen LogP contribution in [-0.4, -0.2) is 9.79 Å². The second-order valence-electron chi connectivity index (χ2n) is 2.26. The maximum atomic E-state index is 8.49. The van der Waals surface area contributed by atoms with E-state index in [0.717, 1.165) is 0 Å². The van der Waals surface area contributed by atoms with E-state index >= 15 is 0 Å². The summed E-state index contributed by atoms with van der Waals surface area (Å²) in [4.78, 5) is 17.0. The van der Waals surface area contributed by atoms with Gasteiger partial charge in [0.2, 0.25) is 0 Å². The van der Waals surface area contributed by atoms with Crippen molar-refractivity contribution in [1.82, 2.24) is 0 Å². The SMILES string of the molecule is OP(O)OCc1ccc(Cl)cc1Cl. The van der Waals surface area contributed by atoms with E-state index in [0.29, 0.717) is 15.6 Å². The monoisotopic (exact) mass is 240 g/mol. The largest absolute Gasteiger partial charge is 0.328 e. The molecule has 13 heavy (non-hydrogen) atoms. The van der Waals surface area contributed by atoms with Crippen molar-refractivity contribution in [3.05, 3.63) is 33.8 Å². The number of hydrogen-bond donors (Lipinski definition) is 2. The van der Waals surface area contributed by atoms with Crippen LogP contribution in [0.1, 0.15) is 5.56 Å². The Bertz CT molecular complexity index is 293. The van der Waals surface area contributed by atoms with Crippen molar-refractivity contribution < 1.29 is 14.3 Å². The summed E-state index contributed by atoms with van der Waals surface area (Å²) < 4.78 is 4.60. The van der Waals surface area contributed by atoms with Crippen LogP contribution in [0, 0.1) is 0 Å². The quantitative estimate of drug-likeness (QED) is 0.800. The molecule has 0 spiro atoms. The van der Waals surface area contributed by atoms with Crippen LogP contribution in [0.2, 0.25) is 10.0 Å². The average molecular weight is 241 g/mol. The summed E-state index contributed by atoms with van der Waals surface area (Å²) >= 11 is 11.5. The minimum Gasteiger partial charge on any atom is -0.328 e. The lowest BCUT2D eigenvalue weighted by atomic mass is 10.2. The normalized spacial score (nSPS) is 10.8. The van der Waals surface area contributed by atoms with E-state index in [9.17, 15) is 0 Å². The smallest absolute Gasteiger partial charge is 0.327 e. The molecule has 0 unspecified atom stereocenters. The summed E-state index contributed by atoms with van der Waals surface area (Å²) in [5.74, 6) is 0. The fourth-order valence-corrected chi connectivity index (χ4v) is 1.48. The first-order valence-electron chi connectivity index (χ1n) is 3.34. The lowest BCUT2D eigenvalue weighted by molar-refractivity contribution is 0.246. The van der Waals surface area contributed by atoms with Crippen molar-refractivity contribution in [1.29, 1.82) is 0 Å². The first kappa shape index (κ1) is 11.2. The van der Waals surface area contributed by atoms with E-state index in [1.54, 1.807) is 18.2 Å². The van der Waals surface area contributed by atoms with E-state index in [1.165, 1.54) is 0 Å². The van der Waals surface area contributed by atoms with Gasteiger partial charge in [-0.1, -0.05) is 29.3 Å². The Balaban J connectivity index is 2.67. The van der Waals surface area contributed by atoms with Crippen LogP contribution in [0.5, 0.6) is 0 Å². The van der Waals surface area contributed by atoms with Gasteiger partial charge in [-0.15, -0.1) is 0 Å². The summed E-state index contributed by atoms with van der Waals surface area (Å²) in [5.41, 5.74) is 0.668. The van der Waals surface area contributed by atoms with Crippen LogP contribution in [-0.2, 0) is 11.1 Å². The Morgan fingerprint density at radius 2 is 2.00 bits per heavy atom. The van der Waals surface area contributed by atoms with E-state index < -0.39 is 8.60 Å². The third kappa shape index (κ3) is 3.77. The van der Waals surface area contributed by atoms with Gasteiger partial charge in [0, 0.05) is 10.0 Å². The first-order valence-corrected chi connectivity index (χ1v) is 5.26. The maximum Gasteiger partial charge on any atom is 0.327 e. The van der Waals surface area contributed by atoms with Crippen LogP contribution in [0.15, 0.2) is 18.2 Å². The van der Waals surface area contributed by atoms with Gasteiger partial charge in [-0.05, 0) is 17.7 Å². The van der Waals surface area contributed by atoms with Crippen molar-refractivity contribution in [3.63, 3.8) is 0 Å². The average Bonchev–Trinajstić information content (AvgIpc) is 2.02. The molecule has 0 aliphatic heterocycles. The van der Waals surface area contributed by atoms with E-state index in [1.807, 2.05) is 0 Å². The second-order valence-corrected chi connectivity index (χ2v) is 3.87. The Morgan fingerprint density at radius 1 is 1.31 bits per heavy atom. The molecule has 1 aromatic carbocycles. The molecule has 1 aromatic rings. The fraction of sp³-hybridized carbons (Fsp3) is 0.143. The van der Waals surface area contributed by atoms with E-state index in [-0.39, 0.29) is 6.61 Å². The van der Waals surface area contributed by atoms with Crippen molar-refractivity contribution in [2.45, 2.75) is 6.61 Å². The van der Waals surface area contributed by atoms with Gasteiger partial charge in [-0.2, -0.15) is 0 Å². The molecule has 2 N–H and O–H groups in total. The Kier molecular flexibility index (Phi) is 4.39. The first-order chi connectivity index (χ1) is 6.09. The Labute approximate surface area is 86.9 Å². The van der Waals surface area contributed by atoms with Gasteiger partial charge in [0.05, 0.1) is 6.61 Å². The molecule has 0 saturated heterocycles. The van der Waals surface area contributed by atoms with Gasteiger partial charge in [-0.25, -0.2) is 0 Å². The number of halogens is 2. The zero-order valence-electron chi connectivity index (χ0n) is 6.44. The molecule has 0 amide bonds. The molecule has 72 valence electrons. The molecule has 1 rings (SSSR count). The highest BCUT2D eigenvalue weighted by Gasteiger charge is 2.04. The molecule has 0 bridgehead atoms. The fourth-order valence-electron chi connectivity index (χ4n) is 0.766. The van der Waals surface area contributed by atoms with Crippen molar-refractivity contribution in [2.75, 3.05) is 0 Å². The third-order valence-corrected chi connectivity index (χ3v) is 2.30. The molecule has 6 heteroatoms. The van der Waals surface area contributed by atoms with Gasteiger partial charge in [0.15, 0.2) is 0 Å². The maximum absolute atomic E-state index is 8.49. The van der Waals surface area contributed by atoms with E-state index in [2.05, 4.69) is 4.52 Å². The van der Waals surface area contributed by atoms with Crippen LogP contribution in [0.4, 0.5) is 0 Å². The van der Waals surface area contributed by atoms with Gasteiger partial charge in [-0.3, -0.25) is 0 Å². The lowest BCUT2D eigenvalue weighted by Crippen LogP contribution is -1.88. The molecule has 0 saturated carbocycles. The molecule has 0 radical (unpaired) electrons. The Morgan fingerprint density at radius 3 is 2.54 bits per heavy atom. The van der Waals surface area contributed by atoms with E-state index in [4.69, 9.17) is 33.0 Å². The molecule has 0 aliphatic carbocycles. The van der Waals surface area contributed by atoms with Gasteiger partial charge < -0.3 is 14.3 Å². The molecular weight excluding hydrogens is 234 g/mol. The second kappa shape index (κ2) is 5.11. The highest BCUT2D eigenvalue weighted by molar-refractivity contribution is 7.39. The lowest BCUT2D eigenvalue weighted by Gasteiger charge is -2.05. The highest BCUT2D eigenvalue weighted by Crippen LogP contribution is 2.29. The van der Waals surface area contributed by atoms with Crippen molar-refractivity contribution >= 4 is 31.8 Å². The van der Waals surface area contributed by atoms with Gasteiger partial charge >= 0.3 is 8.60 Å². The number of rotatable bonds is 3. The molecule has 3 nitrogen and oxygen atoms in total. The zero-order valence-corrected chi connectivity index (χ0v) is 8.85. The molecule has 0 aromatic heterocycles. The van der Waals surface area contributed by atoms with Gasteiger partial charge in [0.25, 0.3) is 0 Å². The number of hydrogen-bond acceptors (Lipinski definition) is 3. The summed E-state index contributed by atoms with van der Waals surface area (Å²) in [6.45, 7) is 0.0642. The summed E-state index contributed by atoms with van der Waals surface area (Å²) in [7, 11) is -2.34. The highest BCUT2D eigenvalue weighted by atomic mass is 35.5. The van der Waals surface area contributed by atoms with Crippen LogP contribution in [0.3, 0.4) is 0 Å². The molecule has 0 atom stereocenters. The van der Waals surface area contributed by atoms with Crippen LogP contribution < -0.4 is 0 Å². The number of benzene rings is 1. The summed E-state index contributed by atoms with van der Waals surface area (Å²) in [6, 6.07) is 4.89. The standard InChI is InChI=1S/C7H7Cl2O3P/c8-6-2-1-5(7(9)3-6)4-12-13(10)11/h1-3,10-11H,4H2. The minimum absolute atomic E-state index is 0.0642. The molecular formula is C7H7Cl2O3P. The predicted molar refractivity (Wildman–Crippen MR) is 52.6 cm³/mol. The van der Waals surface area contributed by atoms with Crippen molar-refractivity contribution in [3.8, 4) is 0 Å².